The molecule has 1 aliphatic rings. The largest absolute Gasteiger partial charge is 0.473 e. The van der Waals surface area contributed by atoms with E-state index >= 15 is 0 Å². The fraction of sp³-hybridized carbons (Fsp3) is 0.300. The molecule has 1 aliphatic heterocycles. The molecule has 0 saturated carbocycles. The molecule has 4 heteroatoms. The smallest absolute Gasteiger partial charge is 0.226 e. The second kappa shape index (κ2) is 3.92. The minimum atomic E-state index is 0.163. The molecule has 0 radical (unpaired) electrons. The minimum absolute atomic E-state index is 0.163. The highest BCUT2D eigenvalue weighted by Gasteiger charge is 2.23. The van der Waals surface area contributed by atoms with E-state index in [1.54, 1.807) is 4.90 Å². The number of nitrogens with zero attached hydrogens (tertiary/aromatic N) is 1. The molecule has 1 saturated heterocycles. The summed E-state index contributed by atoms with van der Waals surface area (Å²) in [6, 6.07) is 7.39. The Morgan fingerprint density at radius 3 is 2.57 bits per heavy atom. The van der Waals surface area contributed by atoms with Crippen molar-refractivity contribution in [2.75, 3.05) is 13.3 Å². The van der Waals surface area contributed by atoms with Gasteiger partial charge in [0.25, 0.3) is 0 Å². The molecular weight excluding hydrogens is 198 g/mol. The second-order valence-corrected chi connectivity index (χ2v) is 3.69. The van der Waals surface area contributed by atoms with Crippen molar-refractivity contribution in [1.29, 1.82) is 0 Å². The van der Waals surface area contributed by atoms with Gasteiger partial charge in [0.05, 0.1) is 0 Å². The average Bonchev–Trinajstić information content (AvgIpc) is 2.19. The molecule has 74 valence electrons. The lowest BCUT2D eigenvalue weighted by molar-refractivity contribution is -0.143. The van der Waals surface area contributed by atoms with Gasteiger partial charge in [-0.3, -0.25) is 4.79 Å². The van der Waals surface area contributed by atoms with Crippen LogP contribution in [0.25, 0.3) is 0 Å². The van der Waals surface area contributed by atoms with Gasteiger partial charge in [0.2, 0.25) is 5.91 Å². The standard InChI is InChI=1S/C10H11NO2S/c12-10-5-6-11(10)7-13-8-1-3-9(14)4-2-8/h1-4,14H,5-7H2. The van der Waals surface area contributed by atoms with Gasteiger partial charge in [0.1, 0.15) is 5.75 Å². The van der Waals surface area contributed by atoms with E-state index in [2.05, 4.69) is 12.6 Å². The maximum atomic E-state index is 10.9. The number of ether oxygens (including phenoxy) is 1. The van der Waals surface area contributed by atoms with Crippen LogP contribution >= 0.6 is 12.6 Å². The van der Waals surface area contributed by atoms with E-state index in [0.29, 0.717) is 13.2 Å². The molecule has 0 atom stereocenters. The number of thiol groups is 1. The molecule has 0 aliphatic carbocycles. The second-order valence-electron chi connectivity index (χ2n) is 3.17. The van der Waals surface area contributed by atoms with Gasteiger partial charge >= 0.3 is 0 Å². The number of amides is 1. The van der Waals surface area contributed by atoms with Crippen LogP contribution in [0.3, 0.4) is 0 Å². The molecule has 0 unspecified atom stereocenters. The van der Waals surface area contributed by atoms with Crippen molar-refractivity contribution in [1.82, 2.24) is 4.90 Å². The molecule has 1 aromatic rings. The lowest BCUT2D eigenvalue weighted by atomic mass is 10.2. The first kappa shape index (κ1) is 9.40. The molecule has 1 amide bonds. The predicted molar refractivity (Wildman–Crippen MR) is 55.5 cm³/mol. The number of β-lactam (4-membered cyclic amide) rings is 1. The van der Waals surface area contributed by atoms with Gasteiger partial charge in [-0.2, -0.15) is 0 Å². The van der Waals surface area contributed by atoms with E-state index in [-0.39, 0.29) is 5.91 Å². The maximum absolute atomic E-state index is 10.9. The van der Waals surface area contributed by atoms with Crippen molar-refractivity contribution in [3.63, 3.8) is 0 Å². The molecule has 0 spiro atoms. The molecule has 1 aromatic carbocycles. The summed E-state index contributed by atoms with van der Waals surface area (Å²) in [5, 5.41) is 0. The molecule has 2 rings (SSSR count). The SMILES string of the molecule is O=C1CCN1COc1ccc(S)cc1. The lowest BCUT2D eigenvalue weighted by Gasteiger charge is -2.30. The van der Waals surface area contributed by atoms with Gasteiger partial charge in [0, 0.05) is 17.9 Å². The molecule has 0 N–H and O–H groups in total. The molecular formula is C10H11NO2S. The Morgan fingerprint density at radius 2 is 2.07 bits per heavy atom. The van der Waals surface area contributed by atoms with Crippen molar-refractivity contribution in [3.8, 4) is 5.75 Å². The zero-order valence-corrected chi connectivity index (χ0v) is 8.54. The van der Waals surface area contributed by atoms with E-state index in [1.807, 2.05) is 24.3 Å². The van der Waals surface area contributed by atoms with Crippen molar-refractivity contribution in [2.24, 2.45) is 0 Å². The highest BCUT2D eigenvalue weighted by atomic mass is 32.1. The summed E-state index contributed by atoms with van der Waals surface area (Å²) in [7, 11) is 0. The zero-order chi connectivity index (χ0) is 9.97. The Balaban J connectivity index is 1.85. The van der Waals surface area contributed by atoms with Crippen LogP contribution in [0.4, 0.5) is 0 Å². The Kier molecular flexibility index (Phi) is 2.63. The third kappa shape index (κ3) is 2.01. The zero-order valence-electron chi connectivity index (χ0n) is 7.64. The van der Waals surface area contributed by atoms with E-state index in [1.165, 1.54) is 0 Å². The summed E-state index contributed by atoms with van der Waals surface area (Å²) in [6.07, 6.45) is 0.652. The first-order valence-electron chi connectivity index (χ1n) is 4.45. The van der Waals surface area contributed by atoms with E-state index < -0.39 is 0 Å². The molecule has 14 heavy (non-hydrogen) atoms. The number of rotatable bonds is 3. The summed E-state index contributed by atoms with van der Waals surface area (Å²) < 4.78 is 5.41. The fourth-order valence-electron chi connectivity index (χ4n) is 1.19. The van der Waals surface area contributed by atoms with E-state index in [0.717, 1.165) is 17.2 Å². The molecule has 3 nitrogen and oxygen atoms in total. The quantitative estimate of drug-likeness (QED) is 0.604. The third-order valence-electron chi connectivity index (χ3n) is 2.17. The van der Waals surface area contributed by atoms with Crippen LogP contribution in [0.15, 0.2) is 29.2 Å². The maximum Gasteiger partial charge on any atom is 0.226 e. The molecule has 0 bridgehead atoms. The van der Waals surface area contributed by atoms with Crippen molar-refractivity contribution < 1.29 is 9.53 Å². The highest BCUT2D eigenvalue weighted by Crippen LogP contribution is 2.16. The average molecular weight is 209 g/mol. The minimum Gasteiger partial charge on any atom is -0.473 e. The first-order valence-corrected chi connectivity index (χ1v) is 4.90. The third-order valence-corrected chi connectivity index (χ3v) is 2.47. The van der Waals surface area contributed by atoms with Gasteiger partial charge in [-0.15, -0.1) is 12.6 Å². The number of hydrogen-bond donors (Lipinski definition) is 1. The number of benzene rings is 1. The number of carbonyl (C=O) groups is 1. The number of carbonyl (C=O) groups excluding carboxylic acids is 1. The molecule has 1 fully saturated rings. The topological polar surface area (TPSA) is 29.5 Å². The van der Waals surface area contributed by atoms with Crippen LogP contribution < -0.4 is 4.74 Å². The van der Waals surface area contributed by atoms with Gasteiger partial charge < -0.3 is 9.64 Å². The Bertz CT molecular complexity index is 336. The van der Waals surface area contributed by atoms with Crippen LogP contribution in [-0.2, 0) is 4.79 Å². The van der Waals surface area contributed by atoms with Gasteiger partial charge in [-0.25, -0.2) is 0 Å². The summed E-state index contributed by atoms with van der Waals surface area (Å²) in [6.45, 7) is 1.16. The summed E-state index contributed by atoms with van der Waals surface area (Å²) in [5.74, 6) is 0.929. The van der Waals surface area contributed by atoms with Crippen molar-refractivity contribution in [3.05, 3.63) is 24.3 Å². The van der Waals surface area contributed by atoms with Crippen LogP contribution in [-0.4, -0.2) is 24.1 Å². The van der Waals surface area contributed by atoms with Crippen LogP contribution in [0, 0.1) is 0 Å². The Labute approximate surface area is 88.1 Å². The number of hydrogen-bond acceptors (Lipinski definition) is 3. The highest BCUT2D eigenvalue weighted by molar-refractivity contribution is 7.80. The van der Waals surface area contributed by atoms with Crippen LogP contribution in [0.2, 0.25) is 0 Å². The van der Waals surface area contributed by atoms with Crippen LogP contribution in [0.1, 0.15) is 6.42 Å². The molecule has 1 heterocycles. The van der Waals surface area contributed by atoms with E-state index in [4.69, 9.17) is 4.74 Å². The van der Waals surface area contributed by atoms with Crippen molar-refractivity contribution >= 4 is 18.5 Å². The monoisotopic (exact) mass is 209 g/mol. The summed E-state index contributed by atoms with van der Waals surface area (Å²) in [4.78, 5) is 13.5. The van der Waals surface area contributed by atoms with Crippen LogP contribution in [0.5, 0.6) is 5.75 Å². The lowest BCUT2D eigenvalue weighted by Crippen LogP contribution is -2.45. The Hall–Kier alpha value is -1.16. The van der Waals surface area contributed by atoms with E-state index in [9.17, 15) is 4.79 Å². The van der Waals surface area contributed by atoms with Crippen molar-refractivity contribution in [2.45, 2.75) is 11.3 Å². The summed E-state index contributed by atoms with van der Waals surface area (Å²) in [5.41, 5.74) is 0. The van der Waals surface area contributed by atoms with Gasteiger partial charge in [0.15, 0.2) is 6.73 Å². The normalized spacial score (nSPS) is 15.2. The number of likely N-dealkylation sites (tertiary alicyclic amines) is 1. The molecule has 0 aromatic heterocycles. The van der Waals surface area contributed by atoms with Gasteiger partial charge in [-0.05, 0) is 24.3 Å². The Morgan fingerprint density at radius 1 is 1.36 bits per heavy atom. The summed E-state index contributed by atoms with van der Waals surface area (Å²) >= 11 is 4.16. The fourth-order valence-corrected chi connectivity index (χ4v) is 1.34. The predicted octanol–water partition coefficient (Wildman–Crippen LogP) is 1.54. The van der Waals surface area contributed by atoms with Gasteiger partial charge in [-0.1, -0.05) is 0 Å². The first-order chi connectivity index (χ1) is 6.75.